The molecule has 1 fully saturated rings. The van der Waals surface area contributed by atoms with Gasteiger partial charge in [-0.1, -0.05) is 54.6 Å². The van der Waals surface area contributed by atoms with Crippen molar-refractivity contribution < 1.29 is 28.7 Å². The van der Waals surface area contributed by atoms with Crippen molar-refractivity contribution in [1.29, 1.82) is 0 Å². The first-order chi connectivity index (χ1) is 23.8. The lowest BCUT2D eigenvalue weighted by atomic mass is 9.79. The fraction of sp³-hybridized carbons (Fsp3) is 0.405. The van der Waals surface area contributed by atoms with Gasteiger partial charge >= 0.3 is 5.69 Å². The van der Waals surface area contributed by atoms with Crippen LogP contribution in [0, 0.1) is 6.92 Å². The first-order valence-electron chi connectivity index (χ1n) is 16.5. The zero-order valence-corrected chi connectivity index (χ0v) is 30.8. The fourth-order valence-corrected chi connectivity index (χ4v) is 6.76. The van der Waals surface area contributed by atoms with Crippen LogP contribution < -0.4 is 25.9 Å². The number of rotatable bonds is 12. The molecule has 0 unspecified atom stereocenters. The summed E-state index contributed by atoms with van der Waals surface area (Å²) < 4.78 is 25.7. The van der Waals surface area contributed by atoms with Crippen LogP contribution in [0.4, 0.5) is 0 Å². The Labute approximate surface area is 294 Å². The van der Waals surface area contributed by atoms with E-state index in [0.717, 1.165) is 28.2 Å². The minimum Gasteiger partial charge on any atom is -0.497 e. The molecule has 4 N–H and O–H groups in total. The van der Waals surface area contributed by atoms with E-state index in [9.17, 15) is 9.59 Å². The molecule has 5 rings (SSSR count). The van der Waals surface area contributed by atoms with E-state index in [1.54, 1.807) is 27.3 Å². The van der Waals surface area contributed by atoms with Crippen molar-refractivity contribution in [1.82, 2.24) is 19.8 Å². The van der Waals surface area contributed by atoms with Crippen molar-refractivity contribution in [2.24, 2.45) is 0 Å². The maximum Gasteiger partial charge on any atom is 0.330 e. The normalized spacial score (nSPS) is 17.7. The Hall–Kier alpha value is -3.87. The number of hydrogen-bond donors (Lipinski definition) is 4. The zero-order valence-electron chi connectivity index (χ0n) is 29.9. The molecule has 270 valence electrons. The first-order valence-corrected chi connectivity index (χ1v) is 17.8. The summed E-state index contributed by atoms with van der Waals surface area (Å²) in [7, 11) is 1.24. The fourth-order valence-electron chi connectivity index (χ4n) is 6.09. The highest BCUT2D eigenvalue weighted by molar-refractivity contribution is 7.42. The molecule has 1 aromatic heterocycles. The number of ether oxygens (including phenoxy) is 4. The number of hydrogen-bond acceptors (Lipinski definition) is 10. The number of methoxy groups -OCH3 is 2. The topological polar surface area (TPSA) is 148 Å². The second-order valence-corrected chi connectivity index (χ2v) is 13.4. The Balaban J connectivity index is 0.000000442. The summed E-state index contributed by atoms with van der Waals surface area (Å²) in [6, 6.07) is 26.2. The third-order valence-electron chi connectivity index (χ3n) is 8.60. The third kappa shape index (κ3) is 9.07. The van der Waals surface area contributed by atoms with Gasteiger partial charge in [0.25, 0.3) is 14.1 Å². The van der Waals surface area contributed by atoms with E-state index >= 15 is 0 Å². The van der Waals surface area contributed by atoms with Gasteiger partial charge in [0.15, 0.2) is 0 Å². The Morgan fingerprint density at radius 2 is 1.38 bits per heavy atom. The van der Waals surface area contributed by atoms with Crippen molar-refractivity contribution in [3.8, 4) is 11.5 Å². The van der Waals surface area contributed by atoms with E-state index in [1.807, 2.05) is 118 Å². The molecule has 1 saturated heterocycles. The van der Waals surface area contributed by atoms with Crippen LogP contribution in [0.1, 0.15) is 69.5 Å². The van der Waals surface area contributed by atoms with E-state index in [0.29, 0.717) is 12.0 Å². The summed E-state index contributed by atoms with van der Waals surface area (Å²) in [5.74, 6) is 1.47. The minimum absolute atomic E-state index is 0.263. The molecule has 3 atom stereocenters. The van der Waals surface area contributed by atoms with Gasteiger partial charge in [-0.15, -0.1) is 0 Å². The molecule has 4 aromatic rings. The quantitative estimate of drug-likeness (QED) is 0.0861. The van der Waals surface area contributed by atoms with Crippen LogP contribution in [0.25, 0.3) is 0 Å². The van der Waals surface area contributed by atoms with E-state index in [4.69, 9.17) is 28.7 Å². The van der Waals surface area contributed by atoms with Gasteiger partial charge in [0.2, 0.25) is 0 Å². The highest BCUT2D eigenvalue weighted by atomic mass is 31.2. The summed E-state index contributed by atoms with van der Waals surface area (Å²) in [4.78, 5) is 44.3. The molecule has 50 heavy (non-hydrogen) atoms. The number of nitrogens with one attached hydrogen (secondary N) is 2. The molecule has 0 aliphatic carbocycles. The number of H-pyrrole nitrogens is 1. The zero-order chi connectivity index (χ0) is 36.6. The predicted octanol–water partition coefficient (Wildman–Crippen LogP) is 5.37. The monoisotopic (exact) mass is 708 g/mol. The van der Waals surface area contributed by atoms with Gasteiger partial charge in [0.05, 0.1) is 26.4 Å². The van der Waals surface area contributed by atoms with E-state index in [2.05, 4.69) is 10.2 Å². The molecule has 0 bridgehead atoms. The summed E-state index contributed by atoms with van der Waals surface area (Å²) in [6.07, 6.45) is 0.631. The molecule has 13 heteroatoms. The van der Waals surface area contributed by atoms with Gasteiger partial charge in [-0.2, -0.15) is 5.20 Å². The van der Waals surface area contributed by atoms with Crippen LogP contribution in [-0.4, -0.2) is 62.9 Å². The Kier molecular flexibility index (Phi) is 13.5. The molecule has 0 saturated carbocycles. The largest absolute Gasteiger partial charge is 0.497 e. The van der Waals surface area contributed by atoms with Gasteiger partial charge in [-0.05, 0) is 82.5 Å². The van der Waals surface area contributed by atoms with Crippen molar-refractivity contribution in [3.63, 3.8) is 0 Å². The van der Waals surface area contributed by atoms with Crippen LogP contribution in [0.5, 0.6) is 11.5 Å². The van der Waals surface area contributed by atoms with Crippen LogP contribution >= 0.6 is 8.53 Å². The van der Waals surface area contributed by atoms with Gasteiger partial charge in [0.1, 0.15) is 23.3 Å². The Morgan fingerprint density at radius 3 is 1.82 bits per heavy atom. The number of aromatic nitrogens is 2. The van der Waals surface area contributed by atoms with E-state index < -0.39 is 37.7 Å². The van der Waals surface area contributed by atoms with Crippen molar-refractivity contribution in [2.45, 2.75) is 84.1 Å². The highest BCUT2D eigenvalue weighted by Crippen LogP contribution is 2.45. The van der Waals surface area contributed by atoms with Crippen molar-refractivity contribution in [3.05, 3.63) is 128 Å². The summed E-state index contributed by atoms with van der Waals surface area (Å²) in [5, 5.41) is 4.40. The molecule has 1 aliphatic rings. The summed E-state index contributed by atoms with van der Waals surface area (Å²) in [6.45, 7) is 11.6. The number of aryl methyl sites for hydroxylation is 1. The average molecular weight is 709 g/mol. The van der Waals surface area contributed by atoms with Crippen molar-refractivity contribution >= 4 is 8.53 Å². The molecule has 2 heterocycles. The second kappa shape index (κ2) is 17.4. The molecule has 1 aliphatic heterocycles. The number of aromatic amines is 1. The number of hydrazine groups is 1. The summed E-state index contributed by atoms with van der Waals surface area (Å²) in [5.41, 5.74) is 1.27. The molecule has 12 nitrogen and oxygen atoms in total. The van der Waals surface area contributed by atoms with Gasteiger partial charge in [-0.3, -0.25) is 14.3 Å². The predicted molar refractivity (Wildman–Crippen MR) is 194 cm³/mol. The lowest BCUT2D eigenvalue weighted by Gasteiger charge is -2.39. The van der Waals surface area contributed by atoms with Crippen molar-refractivity contribution in [2.75, 3.05) is 14.2 Å². The van der Waals surface area contributed by atoms with Crippen LogP contribution in [0.2, 0.25) is 0 Å². The Morgan fingerprint density at radius 1 is 0.880 bits per heavy atom. The standard InChI is InChI=1S/C31H32N2O6.C6H17N2O2P/c1-20-19-33(30(35)32-29(20)34)28-18-27(21(2)38-28)39-31(22-8-6-5-7-9-22,23-10-14-25(36-3)15-11-23)24-12-16-26(37-4)17-13-24;1-5(2)8(6(3)4)7-11(9)10/h5-17,19,21,27-28H,18H2,1-4H3,(H,32,34,35);5-7,9-10H,1-4H3/t21-,27+,28-;/m1./s1. The van der Waals surface area contributed by atoms with Crippen LogP contribution in [-0.2, 0) is 15.1 Å². The highest BCUT2D eigenvalue weighted by Gasteiger charge is 2.45. The maximum absolute atomic E-state index is 12.6. The molecule has 0 radical (unpaired) electrons. The molecular weight excluding hydrogens is 659 g/mol. The van der Waals surface area contributed by atoms with Gasteiger partial charge in [0, 0.05) is 30.3 Å². The van der Waals surface area contributed by atoms with Gasteiger partial charge < -0.3 is 28.7 Å². The summed E-state index contributed by atoms with van der Waals surface area (Å²) >= 11 is 0. The lowest BCUT2D eigenvalue weighted by Crippen LogP contribution is -2.44. The molecule has 3 aromatic carbocycles. The molecular formula is C37H49N4O8P. The first kappa shape index (κ1) is 38.9. The second-order valence-electron chi connectivity index (χ2n) is 12.7. The van der Waals surface area contributed by atoms with Gasteiger partial charge in [-0.25, -0.2) is 9.80 Å². The number of nitrogens with zero attached hydrogens (tertiary/aromatic N) is 2. The minimum atomic E-state index is -2.03. The van der Waals surface area contributed by atoms with E-state index in [1.165, 1.54) is 4.57 Å². The average Bonchev–Trinajstić information content (AvgIpc) is 3.47. The SMILES string of the molecule is CC(C)N(NP(O)O)C(C)C.COc1ccc(C(O[C@H]2C[C@H](n3cc(C)c(=O)[nH]c3=O)O[C@@H]2C)(c2ccccc2)c2ccc(OC)cc2)cc1. The van der Waals surface area contributed by atoms with E-state index in [-0.39, 0.29) is 18.2 Å². The number of benzene rings is 3. The Bertz CT molecular complexity index is 1710. The maximum atomic E-state index is 12.6. The smallest absolute Gasteiger partial charge is 0.330 e. The van der Waals surface area contributed by atoms with Crippen LogP contribution in [0.15, 0.2) is 94.6 Å². The molecule has 0 amide bonds. The lowest BCUT2D eigenvalue weighted by molar-refractivity contribution is -0.0795. The third-order valence-corrected chi connectivity index (χ3v) is 9.01. The van der Waals surface area contributed by atoms with Crippen LogP contribution in [0.3, 0.4) is 0 Å². The molecule has 0 spiro atoms.